The van der Waals surface area contributed by atoms with Gasteiger partial charge in [-0.1, -0.05) is 0 Å². The highest BCUT2D eigenvalue weighted by Crippen LogP contribution is 2.37. The third kappa shape index (κ3) is 6.31. The zero-order chi connectivity index (χ0) is 26.6. The molecule has 0 radical (unpaired) electrons. The molecule has 0 atom stereocenters. The van der Waals surface area contributed by atoms with Crippen molar-refractivity contribution < 1.29 is 27.5 Å². The zero-order valence-corrected chi connectivity index (χ0v) is 21.3. The molecule has 0 spiro atoms. The van der Waals surface area contributed by atoms with E-state index in [2.05, 4.69) is 15.7 Å². The highest BCUT2D eigenvalue weighted by atomic mass is 32.1. The molecular weight excluding hydrogens is 507 g/mol. The molecule has 2 amide bonds. The van der Waals surface area contributed by atoms with Crippen LogP contribution in [0.5, 0.6) is 0 Å². The van der Waals surface area contributed by atoms with Gasteiger partial charge in [-0.15, -0.1) is 11.3 Å². The number of fused-ring (bicyclic) bond motifs is 3. The summed E-state index contributed by atoms with van der Waals surface area (Å²) in [5.41, 5.74) is 0.439. The number of halogens is 3. The lowest BCUT2D eigenvalue weighted by Crippen LogP contribution is -2.24. The first-order valence-electron chi connectivity index (χ1n) is 11.9. The highest BCUT2D eigenvalue weighted by Gasteiger charge is 2.30. The number of benzene rings is 1. The van der Waals surface area contributed by atoms with Crippen molar-refractivity contribution >= 4 is 44.4 Å². The summed E-state index contributed by atoms with van der Waals surface area (Å²) in [7, 11) is 1.77. The maximum atomic E-state index is 13.0. The van der Waals surface area contributed by atoms with Crippen LogP contribution in [0.15, 0.2) is 36.5 Å². The topological polar surface area (TPSA) is 90.2 Å². The van der Waals surface area contributed by atoms with Gasteiger partial charge in [0.15, 0.2) is 5.65 Å². The molecule has 0 saturated carbocycles. The number of unbranched alkanes of at least 4 members (excludes halogenated alkanes) is 2. The van der Waals surface area contributed by atoms with Crippen molar-refractivity contribution in [1.29, 1.82) is 0 Å². The molecule has 0 aliphatic rings. The number of nitrogens with one attached hydrogen (secondary N) is 2. The molecule has 3 aromatic heterocycles. The van der Waals surface area contributed by atoms with Crippen molar-refractivity contribution in [3.05, 3.63) is 47.0 Å². The molecule has 8 nitrogen and oxygen atoms in total. The number of nitrogens with zero attached hydrogens (tertiary/aromatic N) is 3. The highest BCUT2D eigenvalue weighted by molar-refractivity contribution is 7.20. The first-order chi connectivity index (χ1) is 17.6. The average Bonchev–Trinajstić information content (AvgIpc) is 3.50. The van der Waals surface area contributed by atoms with Gasteiger partial charge in [-0.05, 0) is 49.6 Å². The lowest BCUT2D eigenvalue weighted by Gasteiger charge is -2.09. The summed E-state index contributed by atoms with van der Waals surface area (Å²) in [6.07, 6.45) is -0.0295. The van der Waals surface area contributed by atoms with E-state index in [4.69, 9.17) is 4.74 Å². The van der Waals surface area contributed by atoms with Crippen molar-refractivity contribution in [3.8, 4) is 5.69 Å². The van der Waals surface area contributed by atoms with Crippen molar-refractivity contribution in [2.75, 3.05) is 26.3 Å². The van der Waals surface area contributed by atoms with E-state index in [0.717, 1.165) is 47.0 Å². The first kappa shape index (κ1) is 26.7. The maximum Gasteiger partial charge on any atom is 0.416 e. The van der Waals surface area contributed by atoms with Crippen LogP contribution in [0.3, 0.4) is 0 Å². The lowest BCUT2D eigenvalue weighted by molar-refractivity contribution is -0.137. The molecule has 2 N–H and O–H groups in total. The van der Waals surface area contributed by atoms with Crippen LogP contribution in [0.1, 0.15) is 41.4 Å². The largest absolute Gasteiger partial charge is 0.416 e. The number of ether oxygens (including phenoxy) is 1. The third-order valence-corrected chi connectivity index (χ3v) is 6.89. The predicted molar refractivity (Wildman–Crippen MR) is 136 cm³/mol. The standard InChI is InChI=1S/C25H28F3N5O3S/c1-16(34)29-11-13-36-12-5-3-4-10-30-23(35)21-14-19-20-15-32(2)31-22(20)33(24(19)37-21)18-8-6-17(7-9-18)25(26,27)28/h6-9,14-15H,3-5,10-13H2,1-2H3,(H,29,34)(H,30,35). The Morgan fingerprint density at radius 2 is 1.78 bits per heavy atom. The summed E-state index contributed by atoms with van der Waals surface area (Å²) < 4.78 is 48.0. The van der Waals surface area contributed by atoms with E-state index in [1.807, 2.05) is 12.3 Å². The van der Waals surface area contributed by atoms with Gasteiger partial charge in [0.2, 0.25) is 5.91 Å². The van der Waals surface area contributed by atoms with Crippen LogP contribution < -0.4 is 10.6 Å². The summed E-state index contributed by atoms with van der Waals surface area (Å²) in [5.74, 6) is -0.271. The minimum Gasteiger partial charge on any atom is -0.380 e. The monoisotopic (exact) mass is 535 g/mol. The number of thiophene rings is 1. The molecule has 0 fully saturated rings. The molecule has 0 unspecified atom stereocenters. The summed E-state index contributed by atoms with van der Waals surface area (Å²) in [5, 5.41) is 11.7. The van der Waals surface area contributed by atoms with E-state index in [0.29, 0.717) is 42.5 Å². The van der Waals surface area contributed by atoms with Gasteiger partial charge in [0, 0.05) is 56.3 Å². The lowest BCUT2D eigenvalue weighted by atomic mass is 10.2. The first-order valence-corrected chi connectivity index (χ1v) is 12.7. The molecule has 0 saturated heterocycles. The molecule has 3 heterocycles. The van der Waals surface area contributed by atoms with Gasteiger partial charge in [-0.3, -0.25) is 18.8 Å². The molecule has 37 heavy (non-hydrogen) atoms. The van der Waals surface area contributed by atoms with E-state index in [9.17, 15) is 22.8 Å². The van der Waals surface area contributed by atoms with E-state index in [1.54, 1.807) is 16.3 Å². The third-order valence-electron chi connectivity index (χ3n) is 5.77. The van der Waals surface area contributed by atoms with Crippen LogP contribution in [0, 0.1) is 0 Å². The average molecular weight is 536 g/mol. The van der Waals surface area contributed by atoms with Gasteiger partial charge in [-0.25, -0.2) is 0 Å². The van der Waals surface area contributed by atoms with Gasteiger partial charge < -0.3 is 15.4 Å². The summed E-state index contributed by atoms with van der Waals surface area (Å²) in [6, 6.07) is 6.73. The summed E-state index contributed by atoms with van der Waals surface area (Å²) >= 11 is 1.28. The van der Waals surface area contributed by atoms with Gasteiger partial charge >= 0.3 is 6.18 Å². The number of aryl methyl sites for hydroxylation is 1. The van der Waals surface area contributed by atoms with E-state index in [-0.39, 0.29) is 11.8 Å². The summed E-state index contributed by atoms with van der Waals surface area (Å²) in [6.45, 7) is 3.55. The Bertz CT molecular complexity index is 1390. The molecule has 0 aliphatic heterocycles. The second kappa shape index (κ2) is 11.3. The van der Waals surface area contributed by atoms with E-state index < -0.39 is 11.7 Å². The quantitative estimate of drug-likeness (QED) is 0.274. The Kier molecular flexibility index (Phi) is 8.18. The second-order valence-electron chi connectivity index (χ2n) is 8.66. The van der Waals surface area contributed by atoms with Gasteiger partial charge in [-0.2, -0.15) is 18.3 Å². The Morgan fingerprint density at radius 3 is 2.49 bits per heavy atom. The fourth-order valence-electron chi connectivity index (χ4n) is 4.02. The molecular formula is C25H28F3N5O3S. The van der Waals surface area contributed by atoms with Crippen LogP contribution in [0.2, 0.25) is 0 Å². The van der Waals surface area contributed by atoms with Gasteiger partial charge in [0.25, 0.3) is 5.91 Å². The number of carbonyl (C=O) groups excluding carboxylic acids is 2. The van der Waals surface area contributed by atoms with Crippen LogP contribution in [-0.4, -0.2) is 52.5 Å². The minimum absolute atomic E-state index is 0.0801. The zero-order valence-electron chi connectivity index (χ0n) is 20.5. The minimum atomic E-state index is -4.42. The van der Waals surface area contributed by atoms with Crippen molar-refractivity contribution in [3.63, 3.8) is 0 Å². The number of aromatic nitrogens is 3. The van der Waals surface area contributed by atoms with Gasteiger partial charge in [0.1, 0.15) is 4.83 Å². The van der Waals surface area contributed by atoms with E-state index in [1.165, 1.54) is 30.4 Å². The summed E-state index contributed by atoms with van der Waals surface area (Å²) in [4.78, 5) is 24.9. The Balaban J connectivity index is 1.39. The number of hydrogen-bond acceptors (Lipinski definition) is 5. The number of rotatable bonds is 11. The Morgan fingerprint density at radius 1 is 1.03 bits per heavy atom. The van der Waals surface area contributed by atoms with Crippen molar-refractivity contribution in [2.24, 2.45) is 7.05 Å². The molecule has 4 aromatic rings. The van der Waals surface area contributed by atoms with Crippen LogP contribution >= 0.6 is 11.3 Å². The van der Waals surface area contributed by atoms with Crippen LogP contribution in [0.25, 0.3) is 26.9 Å². The number of amides is 2. The van der Waals surface area contributed by atoms with Crippen molar-refractivity contribution in [1.82, 2.24) is 25.0 Å². The normalized spacial score (nSPS) is 11.9. The maximum absolute atomic E-state index is 13.0. The predicted octanol–water partition coefficient (Wildman–Crippen LogP) is 4.65. The molecule has 1 aromatic carbocycles. The van der Waals surface area contributed by atoms with Crippen molar-refractivity contribution in [2.45, 2.75) is 32.4 Å². The molecule has 198 valence electrons. The Labute approximate surface area is 215 Å². The number of alkyl halides is 3. The van der Waals surface area contributed by atoms with Gasteiger partial charge in [0.05, 0.1) is 17.0 Å². The molecule has 12 heteroatoms. The van der Waals surface area contributed by atoms with E-state index >= 15 is 0 Å². The SMILES string of the molecule is CC(=O)NCCOCCCCCNC(=O)c1cc2c3cn(C)nc3n(-c3ccc(C(F)(F)F)cc3)c2s1. The molecule has 0 aliphatic carbocycles. The molecule has 4 rings (SSSR count). The fourth-order valence-corrected chi connectivity index (χ4v) is 5.13. The smallest absolute Gasteiger partial charge is 0.380 e. The van der Waals surface area contributed by atoms with Crippen LogP contribution in [-0.2, 0) is 22.8 Å². The number of hydrogen-bond donors (Lipinski definition) is 2. The second-order valence-corrected chi connectivity index (χ2v) is 9.69. The fraction of sp³-hybridized carbons (Fsp3) is 0.400. The number of carbonyl (C=O) groups is 2. The Hall–Kier alpha value is -3.38. The van der Waals surface area contributed by atoms with Crippen LogP contribution in [0.4, 0.5) is 13.2 Å². The molecule has 0 bridgehead atoms.